The molecule has 2 aliphatic heterocycles. The Morgan fingerprint density at radius 2 is 1.71 bits per heavy atom. The number of hydrogen-bond acceptors (Lipinski definition) is 5. The number of carboxylic acid groups (broad SMARTS) is 1. The topological polar surface area (TPSA) is 62.2 Å². The van der Waals surface area contributed by atoms with E-state index in [9.17, 15) is 9.18 Å². The number of hydrogen-bond donors (Lipinski definition) is 1. The van der Waals surface area contributed by atoms with Gasteiger partial charge in [-0.1, -0.05) is 30.3 Å². The van der Waals surface area contributed by atoms with Gasteiger partial charge in [0.1, 0.15) is 23.9 Å². The van der Waals surface area contributed by atoms with Gasteiger partial charge in [0, 0.05) is 43.7 Å². The first kappa shape index (κ1) is 26.0. The first-order valence-electron chi connectivity index (χ1n) is 13.2. The summed E-state index contributed by atoms with van der Waals surface area (Å²) in [7, 11) is 3.92. The van der Waals surface area contributed by atoms with Crippen molar-refractivity contribution in [1.29, 1.82) is 0 Å². The number of ether oxygens (including phenoxy) is 2. The molecule has 6 nitrogen and oxygen atoms in total. The van der Waals surface area contributed by atoms with Gasteiger partial charge in [-0.05, 0) is 78.9 Å². The number of halogens is 1. The van der Waals surface area contributed by atoms with Crippen LogP contribution in [0.5, 0.6) is 11.5 Å². The number of carbonyl (C=O) groups is 1. The van der Waals surface area contributed by atoms with Gasteiger partial charge in [-0.15, -0.1) is 0 Å². The maximum atomic E-state index is 14.2. The molecule has 2 heterocycles. The van der Waals surface area contributed by atoms with Crippen LogP contribution in [0, 0.1) is 5.82 Å². The van der Waals surface area contributed by atoms with Crippen molar-refractivity contribution in [3.05, 3.63) is 88.7 Å². The predicted molar refractivity (Wildman–Crippen MR) is 146 cm³/mol. The Kier molecular flexibility index (Phi) is 7.56. The number of rotatable bonds is 9. The van der Waals surface area contributed by atoms with E-state index in [4.69, 9.17) is 14.6 Å². The Morgan fingerprint density at radius 3 is 2.39 bits per heavy atom. The van der Waals surface area contributed by atoms with E-state index in [1.54, 1.807) is 19.2 Å². The standard InChI is InChI=1S/C31H35FN2O4/c1-33-21-31(27-17-25(37-2)10-11-29(27)33)13-15-34(16-14-31)19-22-3-5-23(6-4-22)20-38-26-9-7-24(28(32)18-26)8-12-30(35)36/h3-7,9-11,17-18H,8,12-16,19-21H2,1-2H3,(H,35,36). The fourth-order valence-electron chi connectivity index (χ4n) is 5.82. The van der Waals surface area contributed by atoms with Gasteiger partial charge < -0.3 is 19.5 Å². The number of likely N-dealkylation sites (N-methyl/N-ethyl adjacent to an activating group) is 1. The quantitative estimate of drug-likeness (QED) is 0.409. The summed E-state index contributed by atoms with van der Waals surface area (Å²) in [5, 5.41) is 8.79. The number of nitrogens with zero attached hydrogens (tertiary/aromatic N) is 2. The fraction of sp³-hybridized carbons (Fsp3) is 0.387. The summed E-state index contributed by atoms with van der Waals surface area (Å²) < 4.78 is 25.5. The lowest BCUT2D eigenvalue weighted by atomic mass is 9.74. The summed E-state index contributed by atoms with van der Waals surface area (Å²) in [5.41, 5.74) is 5.62. The fourth-order valence-corrected chi connectivity index (χ4v) is 5.82. The average molecular weight is 519 g/mol. The average Bonchev–Trinajstić information content (AvgIpc) is 3.19. The lowest BCUT2D eigenvalue weighted by Gasteiger charge is -2.40. The lowest BCUT2D eigenvalue weighted by Crippen LogP contribution is -2.44. The maximum Gasteiger partial charge on any atom is 0.303 e. The van der Waals surface area contributed by atoms with Gasteiger partial charge in [-0.25, -0.2) is 4.39 Å². The molecule has 7 heteroatoms. The summed E-state index contributed by atoms with van der Waals surface area (Å²) in [6.07, 6.45) is 2.34. The van der Waals surface area contributed by atoms with E-state index in [-0.39, 0.29) is 18.3 Å². The highest BCUT2D eigenvalue weighted by Gasteiger charge is 2.43. The largest absolute Gasteiger partial charge is 0.497 e. The monoisotopic (exact) mass is 518 g/mol. The van der Waals surface area contributed by atoms with Gasteiger partial charge in [-0.3, -0.25) is 9.69 Å². The summed E-state index contributed by atoms with van der Waals surface area (Å²) in [4.78, 5) is 15.6. The van der Waals surface area contributed by atoms with Crippen LogP contribution in [-0.4, -0.2) is 49.8 Å². The highest BCUT2D eigenvalue weighted by atomic mass is 19.1. The van der Waals surface area contributed by atoms with Crippen molar-refractivity contribution in [3.63, 3.8) is 0 Å². The minimum Gasteiger partial charge on any atom is -0.497 e. The molecule has 1 N–H and O–H groups in total. The molecule has 3 aromatic rings. The van der Waals surface area contributed by atoms with Crippen molar-refractivity contribution in [2.45, 2.75) is 44.2 Å². The molecule has 0 amide bonds. The van der Waals surface area contributed by atoms with E-state index in [0.29, 0.717) is 17.9 Å². The molecule has 0 unspecified atom stereocenters. The molecule has 0 saturated carbocycles. The molecular formula is C31H35FN2O4. The molecule has 0 bridgehead atoms. The Labute approximate surface area is 223 Å². The van der Waals surface area contributed by atoms with Gasteiger partial charge in [0.15, 0.2) is 0 Å². The second-order valence-electron chi connectivity index (χ2n) is 10.5. The van der Waals surface area contributed by atoms with E-state index in [1.807, 2.05) is 0 Å². The van der Waals surface area contributed by atoms with Crippen LogP contribution in [0.4, 0.5) is 10.1 Å². The van der Waals surface area contributed by atoms with E-state index < -0.39 is 11.8 Å². The Balaban J connectivity index is 1.13. The number of benzene rings is 3. The van der Waals surface area contributed by atoms with Crippen LogP contribution in [0.25, 0.3) is 0 Å². The second kappa shape index (κ2) is 11.0. The summed E-state index contributed by atoms with van der Waals surface area (Å²) in [5.74, 6) is -0.00686. The van der Waals surface area contributed by atoms with Crippen molar-refractivity contribution in [2.24, 2.45) is 0 Å². The van der Waals surface area contributed by atoms with Crippen LogP contribution in [0.2, 0.25) is 0 Å². The summed E-state index contributed by atoms with van der Waals surface area (Å²) >= 11 is 0. The minimum atomic E-state index is -0.939. The van der Waals surface area contributed by atoms with Gasteiger partial charge in [-0.2, -0.15) is 0 Å². The van der Waals surface area contributed by atoms with Crippen molar-refractivity contribution in [1.82, 2.24) is 4.90 Å². The zero-order valence-corrected chi connectivity index (χ0v) is 22.1. The molecule has 2 aliphatic rings. The van der Waals surface area contributed by atoms with E-state index in [0.717, 1.165) is 50.3 Å². The van der Waals surface area contributed by atoms with E-state index in [2.05, 4.69) is 59.3 Å². The first-order valence-corrected chi connectivity index (χ1v) is 13.2. The highest BCUT2D eigenvalue weighted by Crippen LogP contribution is 2.47. The zero-order valence-electron chi connectivity index (χ0n) is 22.1. The Morgan fingerprint density at radius 1 is 1.00 bits per heavy atom. The molecule has 38 heavy (non-hydrogen) atoms. The molecule has 0 aliphatic carbocycles. The third-order valence-electron chi connectivity index (χ3n) is 8.01. The Bertz CT molecular complexity index is 1290. The van der Waals surface area contributed by atoms with Gasteiger partial charge in [0.25, 0.3) is 0 Å². The van der Waals surface area contributed by atoms with Crippen molar-refractivity contribution < 1.29 is 23.8 Å². The number of likely N-dealkylation sites (tertiary alicyclic amines) is 1. The van der Waals surface area contributed by atoms with Crippen LogP contribution in [0.15, 0.2) is 60.7 Å². The van der Waals surface area contributed by atoms with Gasteiger partial charge in [0.05, 0.1) is 7.11 Å². The van der Waals surface area contributed by atoms with Crippen LogP contribution in [0.3, 0.4) is 0 Å². The lowest BCUT2D eigenvalue weighted by molar-refractivity contribution is -0.136. The molecule has 1 spiro atoms. The van der Waals surface area contributed by atoms with Crippen molar-refractivity contribution in [2.75, 3.05) is 38.7 Å². The molecule has 5 rings (SSSR count). The van der Waals surface area contributed by atoms with Crippen LogP contribution < -0.4 is 14.4 Å². The number of carboxylic acids is 1. The van der Waals surface area contributed by atoms with Gasteiger partial charge >= 0.3 is 5.97 Å². The summed E-state index contributed by atoms with van der Waals surface area (Å²) in [6.45, 7) is 4.44. The number of methoxy groups -OCH3 is 1. The number of anilines is 1. The molecular weight excluding hydrogens is 483 g/mol. The summed E-state index contributed by atoms with van der Waals surface area (Å²) in [6, 6.07) is 19.5. The zero-order chi connectivity index (χ0) is 26.7. The van der Waals surface area contributed by atoms with Crippen molar-refractivity contribution in [3.8, 4) is 11.5 Å². The number of aliphatic carboxylic acids is 1. The predicted octanol–water partition coefficient (Wildman–Crippen LogP) is 5.41. The van der Waals surface area contributed by atoms with Crippen LogP contribution >= 0.6 is 0 Å². The smallest absolute Gasteiger partial charge is 0.303 e. The van der Waals surface area contributed by atoms with Crippen LogP contribution in [-0.2, 0) is 29.8 Å². The molecule has 0 aromatic heterocycles. The third-order valence-corrected chi connectivity index (χ3v) is 8.01. The maximum absolute atomic E-state index is 14.2. The number of fused-ring (bicyclic) bond motifs is 2. The number of piperidine rings is 1. The third kappa shape index (κ3) is 5.63. The minimum absolute atomic E-state index is 0.0949. The van der Waals surface area contributed by atoms with E-state index in [1.165, 1.54) is 22.9 Å². The van der Waals surface area contributed by atoms with E-state index >= 15 is 0 Å². The molecule has 1 saturated heterocycles. The molecule has 1 fully saturated rings. The highest BCUT2D eigenvalue weighted by molar-refractivity contribution is 5.67. The molecule has 0 atom stereocenters. The Hall–Kier alpha value is -3.58. The SMILES string of the molecule is COc1ccc2c(c1)C1(CCN(Cc3ccc(COc4ccc(CCC(=O)O)c(F)c4)cc3)CC1)CN2C. The van der Waals surface area contributed by atoms with Crippen molar-refractivity contribution >= 4 is 11.7 Å². The normalized spacial score (nSPS) is 16.4. The first-order chi connectivity index (χ1) is 18.3. The molecule has 3 aromatic carbocycles. The van der Waals surface area contributed by atoms with Gasteiger partial charge in [0.2, 0.25) is 0 Å². The molecule has 0 radical (unpaired) electrons. The van der Waals surface area contributed by atoms with Crippen LogP contribution in [0.1, 0.15) is 41.5 Å². The second-order valence-corrected chi connectivity index (χ2v) is 10.5. The molecule has 200 valence electrons. The number of aryl methyl sites for hydroxylation is 1.